The number of hydrogen-bond donors (Lipinski definition) is 1. The van der Waals surface area contributed by atoms with Gasteiger partial charge in [0.2, 0.25) is 11.1 Å². The summed E-state index contributed by atoms with van der Waals surface area (Å²) in [5.74, 6) is -0.253. The average Bonchev–Trinajstić information content (AvgIpc) is 3.51. The maximum Gasteiger partial charge on any atom is 0.341 e. The lowest BCUT2D eigenvalue weighted by Gasteiger charge is -2.10. The number of ether oxygens (including phenoxy) is 1. The van der Waals surface area contributed by atoms with E-state index < -0.39 is 5.97 Å². The number of anilines is 1. The van der Waals surface area contributed by atoms with E-state index in [4.69, 9.17) is 4.74 Å². The standard InChI is InChI=1S/C25H25N5O3S2/c1-4-33-24(32)22-20(18-12-10-17(11-13-18)16(2)3)14-34-23(22)26-21(31)15-35-25-27-28-29-30(25)19-8-6-5-7-9-19/h5-14,16H,4,15H2,1-3H3,(H,26,31). The van der Waals surface area contributed by atoms with Crippen LogP contribution in [-0.4, -0.2) is 44.4 Å². The lowest BCUT2D eigenvalue weighted by atomic mass is 9.98. The summed E-state index contributed by atoms with van der Waals surface area (Å²) in [5.41, 5.74) is 4.01. The van der Waals surface area contributed by atoms with Crippen molar-refractivity contribution in [3.63, 3.8) is 0 Å². The van der Waals surface area contributed by atoms with Crippen LogP contribution >= 0.6 is 23.1 Å². The number of tetrazole rings is 1. The third-order valence-corrected chi connectivity index (χ3v) is 7.00. The van der Waals surface area contributed by atoms with Crippen molar-refractivity contribution in [1.82, 2.24) is 20.2 Å². The minimum Gasteiger partial charge on any atom is -0.462 e. The molecular formula is C25H25N5O3S2. The number of para-hydroxylation sites is 1. The first-order chi connectivity index (χ1) is 17.0. The van der Waals surface area contributed by atoms with Crippen LogP contribution in [0, 0.1) is 0 Å². The smallest absolute Gasteiger partial charge is 0.341 e. The number of aromatic nitrogens is 4. The van der Waals surface area contributed by atoms with Gasteiger partial charge in [-0.1, -0.05) is 68.1 Å². The van der Waals surface area contributed by atoms with E-state index in [2.05, 4.69) is 46.8 Å². The molecule has 35 heavy (non-hydrogen) atoms. The van der Waals surface area contributed by atoms with Crippen molar-refractivity contribution in [2.75, 3.05) is 17.7 Å². The molecule has 2 aromatic heterocycles. The van der Waals surface area contributed by atoms with Crippen LogP contribution in [0.2, 0.25) is 0 Å². The Morgan fingerprint density at radius 2 is 1.86 bits per heavy atom. The third-order valence-electron chi connectivity index (χ3n) is 5.19. The minimum atomic E-state index is -0.465. The Morgan fingerprint density at radius 3 is 2.54 bits per heavy atom. The van der Waals surface area contributed by atoms with Crippen LogP contribution in [0.3, 0.4) is 0 Å². The van der Waals surface area contributed by atoms with E-state index in [0.29, 0.717) is 21.6 Å². The van der Waals surface area contributed by atoms with E-state index in [-0.39, 0.29) is 18.3 Å². The molecule has 180 valence electrons. The Balaban J connectivity index is 1.51. The summed E-state index contributed by atoms with van der Waals surface area (Å²) < 4.78 is 6.87. The highest BCUT2D eigenvalue weighted by Crippen LogP contribution is 2.37. The maximum absolute atomic E-state index is 12.8. The summed E-state index contributed by atoms with van der Waals surface area (Å²) in [4.78, 5) is 25.6. The molecule has 0 spiro atoms. The number of carbonyl (C=O) groups excluding carboxylic acids is 2. The van der Waals surface area contributed by atoms with Gasteiger partial charge in [0.15, 0.2) is 0 Å². The quantitative estimate of drug-likeness (QED) is 0.238. The number of thiophene rings is 1. The van der Waals surface area contributed by atoms with Gasteiger partial charge in [-0.05, 0) is 46.5 Å². The number of benzene rings is 2. The van der Waals surface area contributed by atoms with Gasteiger partial charge in [0, 0.05) is 10.9 Å². The second-order valence-corrected chi connectivity index (χ2v) is 9.72. The van der Waals surface area contributed by atoms with Crippen LogP contribution in [0.25, 0.3) is 16.8 Å². The number of esters is 1. The molecule has 0 aliphatic carbocycles. The summed E-state index contributed by atoms with van der Waals surface area (Å²) in [6, 6.07) is 17.5. The molecule has 0 aliphatic heterocycles. The number of carbonyl (C=O) groups is 2. The predicted molar refractivity (Wildman–Crippen MR) is 138 cm³/mol. The summed E-state index contributed by atoms with van der Waals surface area (Å²) in [6.07, 6.45) is 0. The fourth-order valence-electron chi connectivity index (χ4n) is 3.41. The minimum absolute atomic E-state index is 0.0752. The van der Waals surface area contributed by atoms with E-state index in [9.17, 15) is 9.59 Å². The van der Waals surface area contributed by atoms with E-state index >= 15 is 0 Å². The zero-order chi connectivity index (χ0) is 24.8. The van der Waals surface area contributed by atoms with Crippen LogP contribution in [0.4, 0.5) is 5.00 Å². The third kappa shape index (κ3) is 5.77. The molecule has 4 rings (SSSR count). The highest BCUT2D eigenvalue weighted by atomic mass is 32.2. The molecule has 0 unspecified atom stereocenters. The number of thioether (sulfide) groups is 1. The monoisotopic (exact) mass is 507 g/mol. The topological polar surface area (TPSA) is 99.0 Å². The molecular weight excluding hydrogens is 482 g/mol. The Kier molecular flexibility index (Phi) is 7.94. The lowest BCUT2D eigenvalue weighted by Crippen LogP contribution is -2.16. The van der Waals surface area contributed by atoms with E-state index in [1.54, 1.807) is 11.6 Å². The van der Waals surface area contributed by atoms with Crippen molar-refractivity contribution < 1.29 is 14.3 Å². The molecule has 0 saturated heterocycles. The van der Waals surface area contributed by atoms with E-state index in [1.807, 2.05) is 47.8 Å². The van der Waals surface area contributed by atoms with Crippen molar-refractivity contribution in [1.29, 1.82) is 0 Å². The van der Waals surface area contributed by atoms with E-state index in [0.717, 1.165) is 16.8 Å². The largest absolute Gasteiger partial charge is 0.462 e. The maximum atomic E-state index is 12.8. The molecule has 2 aromatic carbocycles. The molecule has 2 heterocycles. The lowest BCUT2D eigenvalue weighted by molar-refractivity contribution is -0.113. The zero-order valence-corrected chi connectivity index (χ0v) is 21.2. The van der Waals surface area contributed by atoms with Crippen LogP contribution < -0.4 is 5.32 Å². The SMILES string of the molecule is CCOC(=O)c1c(-c2ccc(C(C)C)cc2)csc1NC(=O)CSc1nnnn1-c1ccccc1. The normalized spacial score (nSPS) is 11.0. The molecule has 0 radical (unpaired) electrons. The first-order valence-corrected chi connectivity index (χ1v) is 13.0. The van der Waals surface area contributed by atoms with E-state index in [1.165, 1.54) is 28.7 Å². The van der Waals surface area contributed by atoms with Gasteiger partial charge in [0.25, 0.3) is 0 Å². The summed E-state index contributed by atoms with van der Waals surface area (Å²) in [7, 11) is 0. The number of amides is 1. The van der Waals surface area contributed by atoms with Crippen LogP contribution in [-0.2, 0) is 9.53 Å². The fraction of sp³-hybridized carbons (Fsp3) is 0.240. The second kappa shape index (κ2) is 11.3. The fourth-order valence-corrected chi connectivity index (χ4v) is 5.07. The molecule has 0 atom stereocenters. The Hall–Kier alpha value is -3.50. The van der Waals surface area contributed by atoms with Gasteiger partial charge in [0.1, 0.15) is 10.6 Å². The van der Waals surface area contributed by atoms with Crippen molar-refractivity contribution in [3.8, 4) is 16.8 Å². The number of nitrogens with one attached hydrogen (secondary N) is 1. The summed E-state index contributed by atoms with van der Waals surface area (Å²) >= 11 is 2.51. The Labute approximate surface area is 211 Å². The molecule has 0 saturated carbocycles. The van der Waals surface area contributed by atoms with Gasteiger partial charge in [-0.3, -0.25) is 4.79 Å². The van der Waals surface area contributed by atoms with Crippen LogP contribution in [0.15, 0.2) is 65.1 Å². The van der Waals surface area contributed by atoms with Gasteiger partial charge in [-0.2, -0.15) is 4.68 Å². The van der Waals surface area contributed by atoms with Gasteiger partial charge in [-0.25, -0.2) is 4.79 Å². The highest BCUT2D eigenvalue weighted by molar-refractivity contribution is 7.99. The van der Waals surface area contributed by atoms with Crippen molar-refractivity contribution in [2.45, 2.75) is 31.8 Å². The van der Waals surface area contributed by atoms with Crippen molar-refractivity contribution in [2.24, 2.45) is 0 Å². The van der Waals surface area contributed by atoms with Crippen LogP contribution in [0.5, 0.6) is 0 Å². The molecule has 0 bridgehead atoms. The molecule has 0 aliphatic rings. The predicted octanol–water partition coefficient (Wildman–Crippen LogP) is 5.42. The number of nitrogens with zero attached hydrogens (tertiary/aromatic N) is 4. The molecule has 1 amide bonds. The van der Waals surface area contributed by atoms with Crippen molar-refractivity contribution in [3.05, 3.63) is 71.1 Å². The van der Waals surface area contributed by atoms with Crippen molar-refractivity contribution >= 4 is 40.0 Å². The van der Waals surface area contributed by atoms with Gasteiger partial charge < -0.3 is 10.1 Å². The average molecular weight is 508 g/mol. The molecule has 0 fully saturated rings. The van der Waals surface area contributed by atoms with Gasteiger partial charge in [-0.15, -0.1) is 16.4 Å². The number of hydrogen-bond acceptors (Lipinski definition) is 8. The second-order valence-electron chi connectivity index (χ2n) is 7.90. The molecule has 8 nitrogen and oxygen atoms in total. The molecule has 1 N–H and O–H groups in total. The summed E-state index contributed by atoms with van der Waals surface area (Å²) in [5, 5.41) is 17.4. The van der Waals surface area contributed by atoms with Gasteiger partial charge >= 0.3 is 5.97 Å². The highest BCUT2D eigenvalue weighted by Gasteiger charge is 2.23. The van der Waals surface area contributed by atoms with Crippen LogP contribution in [0.1, 0.15) is 42.6 Å². The molecule has 4 aromatic rings. The zero-order valence-electron chi connectivity index (χ0n) is 19.6. The Morgan fingerprint density at radius 1 is 1.11 bits per heavy atom. The van der Waals surface area contributed by atoms with Gasteiger partial charge in [0.05, 0.1) is 18.0 Å². The summed E-state index contributed by atoms with van der Waals surface area (Å²) in [6.45, 7) is 6.26. The number of rotatable bonds is 9. The Bertz CT molecular complexity index is 1300. The first-order valence-electron chi connectivity index (χ1n) is 11.1. The molecule has 10 heteroatoms. The first kappa shape index (κ1) is 24.6.